The number of anilines is 2. The average molecular weight is 447 g/mol. The van der Waals surface area contributed by atoms with E-state index in [2.05, 4.69) is 15.2 Å². The molecule has 0 unspecified atom stereocenters. The van der Waals surface area contributed by atoms with Gasteiger partial charge in [-0.1, -0.05) is 17.7 Å². The van der Waals surface area contributed by atoms with Crippen molar-refractivity contribution in [3.05, 3.63) is 87.4 Å². The number of hydrogen-bond acceptors (Lipinski definition) is 7. The summed E-state index contributed by atoms with van der Waals surface area (Å²) in [6.45, 7) is 0. The van der Waals surface area contributed by atoms with Crippen molar-refractivity contribution < 1.29 is 18.4 Å². The number of aromatic hydroxyl groups is 1. The average Bonchev–Trinajstić information content (AvgIpc) is 2.69. The van der Waals surface area contributed by atoms with Gasteiger partial charge in [-0.25, -0.2) is 8.42 Å². The molecule has 0 heterocycles. The molecule has 0 aliphatic carbocycles. The van der Waals surface area contributed by atoms with Crippen molar-refractivity contribution in [2.24, 2.45) is 5.10 Å². The van der Waals surface area contributed by atoms with Crippen LogP contribution in [0.3, 0.4) is 0 Å². The summed E-state index contributed by atoms with van der Waals surface area (Å²) < 4.78 is 27.5. The zero-order valence-corrected chi connectivity index (χ0v) is 16.8. The maximum atomic E-state index is 12.6. The first kappa shape index (κ1) is 21.1. The Morgan fingerprint density at radius 3 is 2.47 bits per heavy atom. The summed E-state index contributed by atoms with van der Waals surface area (Å²) in [5.74, 6) is 0.0962. The number of hydrazone groups is 1. The largest absolute Gasteiger partial charge is 0.508 e. The number of hydrogen-bond donors (Lipinski definition) is 3. The quantitative estimate of drug-likeness (QED) is 0.283. The van der Waals surface area contributed by atoms with E-state index < -0.39 is 20.6 Å². The molecule has 11 heteroatoms. The molecular weight excluding hydrogens is 432 g/mol. The van der Waals surface area contributed by atoms with Crippen molar-refractivity contribution in [1.82, 2.24) is 0 Å². The molecule has 0 spiro atoms. The van der Waals surface area contributed by atoms with Gasteiger partial charge in [0, 0.05) is 11.1 Å². The number of nitrogens with one attached hydrogen (secondary N) is 2. The van der Waals surface area contributed by atoms with Crippen molar-refractivity contribution in [1.29, 1.82) is 0 Å². The summed E-state index contributed by atoms with van der Waals surface area (Å²) in [7, 11) is -4.07. The highest BCUT2D eigenvalue weighted by Gasteiger charge is 2.21. The first-order valence-corrected chi connectivity index (χ1v) is 10.3. The minimum Gasteiger partial charge on any atom is -0.508 e. The van der Waals surface area contributed by atoms with E-state index in [1.807, 2.05) is 0 Å². The van der Waals surface area contributed by atoms with Crippen molar-refractivity contribution >= 4 is 44.9 Å². The third-order valence-electron chi connectivity index (χ3n) is 3.84. The summed E-state index contributed by atoms with van der Waals surface area (Å²) >= 11 is 5.85. The van der Waals surface area contributed by atoms with Crippen molar-refractivity contribution in [2.75, 3.05) is 10.1 Å². The molecule has 0 aliphatic heterocycles. The van der Waals surface area contributed by atoms with Crippen molar-refractivity contribution in [2.45, 2.75) is 4.90 Å². The Labute approximate surface area is 176 Å². The molecule has 0 atom stereocenters. The standard InChI is InChI=1S/C19H15ClN4O5S/c20-14-2-1-3-15(10-14)23-30(28,29)17-8-9-18(19(11-17)24(26)27)22-21-12-13-4-6-16(25)7-5-13/h1-12,22-23,25H/b21-12+. The van der Waals surface area contributed by atoms with E-state index in [1.165, 1.54) is 42.6 Å². The molecule has 3 aromatic rings. The van der Waals surface area contributed by atoms with E-state index in [0.717, 1.165) is 6.07 Å². The molecule has 0 saturated carbocycles. The lowest BCUT2D eigenvalue weighted by atomic mass is 10.2. The minimum atomic E-state index is -4.07. The van der Waals surface area contributed by atoms with Crippen LogP contribution in [0, 0.1) is 10.1 Å². The normalized spacial score (nSPS) is 11.4. The SMILES string of the molecule is O=[N+]([O-])c1cc(S(=O)(=O)Nc2cccc(Cl)c2)ccc1N/N=C/c1ccc(O)cc1. The van der Waals surface area contributed by atoms with Crippen LogP contribution in [0.4, 0.5) is 17.1 Å². The van der Waals surface area contributed by atoms with Crippen LogP contribution in [-0.2, 0) is 10.0 Å². The van der Waals surface area contributed by atoms with Gasteiger partial charge in [0.2, 0.25) is 0 Å². The van der Waals surface area contributed by atoms with Crippen LogP contribution in [0.5, 0.6) is 5.75 Å². The molecule has 0 radical (unpaired) electrons. The maximum absolute atomic E-state index is 12.6. The second-order valence-electron chi connectivity index (χ2n) is 6.01. The molecule has 154 valence electrons. The lowest BCUT2D eigenvalue weighted by Crippen LogP contribution is -2.13. The first-order chi connectivity index (χ1) is 14.2. The lowest BCUT2D eigenvalue weighted by Gasteiger charge is -2.09. The van der Waals surface area contributed by atoms with E-state index in [0.29, 0.717) is 10.6 Å². The van der Waals surface area contributed by atoms with Gasteiger partial charge in [0.15, 0.2) is 0 Å². The molecule has 0 amide bonds. The topological polar surface area (TPSA) is 134 Å². The zero-order chi connectivity index (χ0) is 21.7. The van der Waals surface area contributed by atoms with Gasteiger partial charge >= 0.3 is 0 Å². The maximum Gasteiger partial charge on any atom is 0.295 e. The monoisotopic (exact) mass is 446 g/mol. The number of phenolic OH excluding ortho intramolecular Hbond substituents is 1. The molecule has 3 rings (SSSR count). The highest BCUT2D eigenvalue weighted by atomic mass is 35.5. The van der Waals surface area contributed by atoms with E-state index in [1.54, 1.807) is 24.3 Å². The van der Waals surface area contributed by atoms with Gasteiger partial charge < -0.3 is 5.11 Å². The third kappa shape index (κ3) is 5.25. The second-order valence-corrected chi connectivity index (χ2v) is 8.13. The molecule has 3 aromatic carbocycles. The Hall–Kier alpha value is -3.63. The van der Waals surface area contributed by atoms with Crippen LogP contribution in [0.2, 0.25) is 5.02 Å². The fourth-order valence-corrected chi connectivity index (χ4v) is 3.69. The zero-order valence-electron chi connectivity index (χ0n) is 15.2. The number of nitro groups is 1. The summed E-state index contributed by atoms with van der Waals surface area (Å²) in [5.41, 5.74) is 2.94. The number of phenols is 1. The van der Waals surface area contributed by atoms with Crippen molar-refractivity contribution in [3.63, 3.8) is 0 Å². The molecule has 0 fully saturated rings. The molecule has 9 nitrogen and oxygen atoms in total. The Bertz CT molecular complexity index is 1210. The van der Waals surface area contributed by atoms with Gasteiger partial charge in [0.25, 0.3) is 15.7 Å². The Balaban J connectivity index is 1.83. The van der Waals surface area contributed by atoms with E-state index >= 15 is 0 Å². The molecule has 3 N–H and O–H groups in total. The fourth-order valence-electron chi connectivity index (χ4n) is 2.43. The number of benzene rings is 3. The Kier molecular flexibility index (Phi) is 6.19. The number of sulfonamides is 1. The number of rotatable bonds is 7. The van der Waals surface area contributed by atoms with E-state index in [4.69, 9.17) is 11.6 Å². The molecular formula is C19H15ClN4O5S. The number of nitro benzene ring substituents is 1. The molecule has 0 aromatic heterocycles. The van der Waals surface area contributed by atoms with Crippen LogP contribution in [0.1, 0.15) is 5.56 Å². The summed E-state index contributed by atoms with van der Waals surface area (Å²) in [5, 5.41) is 24.9. The molecule has 0 saturated heterocycles. The van der Waals surface area contributed by atoms with Crippen molar-refractivity contribution in [3.8, 4) is 5.75 Å². The molecule has 0 aliphatic rings. The lowest BCUT2D eigenvalue weighted by molar-refractivity contribution is -0.384. The fraction of sp³-hybridized carbons (Fsp3) is 0. The van der Waals surface area contributed by atoms with Crippen LogP contribution < -0.4 is 10.1 Å². The second kappa shape index (κ2) is 8.80. The van der Waals surface area contributed by atoms with E-state index in [-0.39, 0.29) is 22.0 Å². The third-order valence-corrected chi connectivity index (χ3v) is 5.46. The van der Waals surface area contributed by atoms with Gasteiger partial charge in [-0.05, 0) is 60.2 Å². The molecule has 0 bridgehead atoms. The van der Waals surface area contributed by atoms with Gasteiger partial charge in [-0.15, -0.1) is 0 Å². The van der Waals surface area contributed by atoms with Gasteiger partial charge in [-0.2, -0.15) is 5.10 Å². The predicted molar refractivity (Wildman–Crippen MR) is 115 cm³/mol. The minimum absolute atomic E-state index is 0.0109. The Morgan fingerprint density at radius 1 is 1.07 bits per heavy atom. The number of nitrogens with zero attached hydrogens (tertiary/aromatic N) is 2. The van der Waals surface area contributed by atoms with Gasteiger partial charge in [-0.3, -0.25) is 20.3 Å². The Morgan fingerprint density at radius 2 is 1.80 bits per heavy atom. The smallest absolute Gasteiger partial charge is 0.295 e. The highest BCUT2D eigenvalue weighted by Crippen LogP contribution is 2.29. The summed E-state index contributed by atoms with van der Waals surface area (Å²) in [4.78, 5) is 10.4. The molecule has 30 heavy (non-hydrogen) atoms. The summed E-state index contributed by atoms with van der Waals surface area (Å²) in [6.07, 6.45) is 1.40. The van der Waals surface area contributed by atoms with Crippen LogP contribution in [-0.4, -0.2) is 24.7 Å². The van der Waals surface area contributed by atoms with Crippen LogP contribution >= 0.6 is 11.6 Å². The van der Waals surface area contributed by atoms with Gasteiger partial charge in [0.1, 0.15) is 11.4 Å². The van der Waals surface area contributed by atoms with E-state index in [9.17, 15) is 23.6 Å². The predicted octanol–water partition coefficient (Wildman–Crippen LogP) is 4.20. The summed E-state index contributed by atoms with van der Waals surface area (Å²) in [6, 6.07) is 15.6. The number of halogens is 1. The highest BCUT2D eigenvalue weighted by molar-refractivity contribution is 7.92. The first-order valence-electron chi connectivity index (χ1n) is 8.39. The van der Waals surface area contributed by atoms with Crippen LogP contribution in [0.15, 0.2) is 76.7 Å². The van der Waals surface area contributed by atoms with Gasteiger partial charge in [0.05, 0.1) is 21.7 Å². The van der Waals surface area contributed by atoms with Crippen LogP contribution in [0.25, 0.3) is 0 Å².